The van der Waals surface area contributed by atoms with Gasteiger partial charge in [-0.15, -0.1) is 0 Å². The first-order valence-corrected chi connectivity index (χ1v) is 8.02. The predicted octanol–water partition coefficient (Wildman–Crippen LogP) is 3.48. The molecule has 0 spiro atoms. The lowest BCUT2D eigenvalue weighted by molar-refractivity contribution is 0.117. The first-order chi connectivity index (χ1) is 11.3. The molecule has 0 fully saturated rings. The van der Waals surface area contributed by atoms with E-state index in [4.69, 9.17) is 4.74 Å². The summed E-state index contributed by atoms with van der Waals surface area (Å²) in [7, 11) is 0. The Bertz CT molecular complexity index is 558. The summed E-state index contributed by atoms with van der Waals surface area (Å²) in [5.74, 6) is 0. The number of carbonyl (C=O) groups excluding carboxylic acids is 1. The third-order valence-corrected chi connectivity index (χ3v) is 3.41. The van der Waals surface area contributed by atoms with Crippen molar-refractivity contribution in [2.45, 2.75) is 26.0 Å². The van der Waals surface area contributed by atoms with Gasteiger partial charge >= 0.3 is 6.03 Å². The number of carbonyl (C=O) groups is 1. The van der Waals surface area contributed by atoms with Gasteiger partial charge < -0.3 is 15.4 Å². The summed E-state index contributed by atoms with van der Waals surface area (Å²) < 4.78 is 5.60. The zero-order valence-electron chi connectivity index (χ0n) is 13.3. The van der Waals surface area contributed by atoms with Gasteiger partial charge in [0.2, 0.25) is 0 Å². The first-order valence-electron chi connectivity index (χ1n) is 8.02. The Morgan fingerprint density at radius 3 is 2.17 bits per heavy atom. The summed E-state index contributed by atoms with van der Waals surface area (Å²) in [5.41, 5.74) is 2.28. The van der Waals surface area contributed by atoms with Crippen LogP contribution in [0.15, 0.2) is 60.7 Å². The molecule has 2 N–H and O–H groups in total. The molecule has 0 unspecified atom stereocenters. The van der Waals surface area contributed by atoms with Gasteiger partial charge in [0.05, 0.1) is 6.61 Å². The largest absolute Gasteiger partial charge is 0.377 e. The number of hydrogen-bond acceptors (Lipinski definition) is 2. The summed E-state index contributed by atoms with van der Waals surface area (Å²) in [6, 6.07) is 19.9. The van der Waals surface area contributed by atoms with Crippen molar-refractivity contribution in [1.29, 1.82) is 0 Å². The van der Waals surface area contributed by atoms with E-state index in [9.17, 15) is 4.79 Å². The molecule has 0 bridgehead atoms. The van der Waals surface area contributed by atoms with Gasteiger partial charge in [-0.1, -0.05) is 60.7 Å². The van der Waals surface area contributed by atoms with Gasteiger partial charge in [-0.05, 0) is 24.0 Å². The highest BCUT2D eigenvalue weighted by atomic mass is 16.5. The number of nitrogens with one attached hydrogen (secondary N) is 2. The van der Waals surface area contributed by atoms with Crippen LogP contribution in [0.3, 0.4) is 0 Å². The third kappa shape index (κ3) is 7.47. The topological polar surface area (TPSA) is 50.4 Å². The molecule has 4 heteroatoms. The Balaban J connectivity index is 1.45. The van der Waals surface area contributed by atoms with Gasteiger partial charge in [-0.3, -0.25) is 0 Å². The van der Waals surface area contributed by atoms with Crippen LogP contribution in [-0.2, 0) is 17.9 Å². The smallest absolute Gasteiger partial charge is 0.315 e. The Morgan fingerprint density at radius 1 is 0.826 bits per heavy atom. The first kappa shape index (κ1) is 17.0. The van der Waals surface area contributed by atoms with Crippen LogP contribution < -0.4 is 10.6 Å². The quantitative estimate of drug-likeness (QED) is 0.696. The molecule has 0 aliphatic carbocycles. The second-order valence-electron chi connectivity index (χ2n) is 5.34. The molecular weight excluding hydrogens is 288 g/mol. The fourth-order valence-electron chi connectivity index (χ4n) is 2.14. The van der Waals surface area contributed by atoms with Crippen LogP contribution in [0.2, 0.25) is 0 Å². The number of hydrogen-bond donors (Lipinski definition) is 2. The molecule has 0 atom stereocenters. The maximum Gasteiger partial charge on any atom is 0.315 e. The van der Waals surface area contributed by atoms with E-state index in [0.717, 1.165) is 18.4 Å². The van der Waals surface area contributed by atoms with E-state index in [0.29, 0.717) is 26.3 Å². The molecule has 0 aliphatic rings. The lowest BCUT2D eigenvalue weighted by atomic mass is 10.2. The van der Waals surface area contributed by atoms with Crippen molar-refractivity contribution in [3.63, 3.8) is 0 Å². The summed E-state index contributed by atoms with van der Waals surface area (Å²) in [4.78, 5) is 11.6. The Hall–Kier alpha value is -2.33. The second-order valence-corrected chi connectivity index (χ2v) is 5.34. The lowest BCUT2D eigenvalue weighted by Crippen LogP contribution is -2.35. The lowest BCUT2D eigenvalue weighted by Gasteiger charge is -2.08. The molecule has 23 heavy (non-hydrogen) atoms. The molecule has 0 saturated carbocycles. The number of ether oxygens (including phenoxy) is 1. The maximum absolute atomic E-state index is 11.6. The molecule has 2 aromatic rings. The molecule has 0 aliphatic heterocycles. The standard InChI is InChI=1S/C19H24N2O2/c22-19(21-15-17-9-3-1-4-10-17)20-13-7-8-14-23-16-18-11-5-2-6-12-18/h1-6,9-12H,7-8,13-16H2,(H2,20,21,22). The van der Waals surface area contributed by atoms with Gasteiger partial charge in [0, 0.05) is 19.7 Å². The summed E-state index contributed by atoms with van der Waals surface area (Å²) >= 11 is 0. The second kappa shape index (κ2) is 10.4. The van der Waals surface area contributed by atoms with Crippen molar-refractivity contribution in [3.8, 4) is 0 Å². The van der Waals surface area contributed by atoms with Gasteiger partial charge in [0.1, 0.15) is 0 Å². The molecule has 122 valence electrons. The van der Waals surface area contributed by atoms with Gasteiger partial charge in [0.25, 0.3) is 0 Å². The highest BCUT2D eigenvalue weighted by molar-refractivity contribution is 5.73. The molecule has 0 heterocycles. The van der Waals surface area contributed by atoms with Gasteiger partial charge in [-0.2, -0.15) is 0 Å². The normalized spacial score (nSPS) is 10.3. The average molecular weight is 312 g/mol. The molecule has 4 nitrogen and oxygen atoms in total. The molecule has 2 aromatic carbocycles. The summed E-state index contributed by atoms with van der Waals surface area (Å²) in [6.07, 6.45) is 1.85. The summed E-state index contributed by atoms with van der Waals surface area (Å²) in [5, 5.41) is 5.70. The Morgan fingerprint density at radius 2 is 1.48 bits per heavy atom. The Labute approximate surface area is 137 Å². The van der Waals surface area contributed by atoms with Gasteiger partial charge in [0.15, 0.2) is 0 Å². The van der Waals surface area contributed by atoms with Crippen molar-refractivity contribution in [3.05, 3.63) is 71.8 Å². The number of amides is 2. The van der Waals surface area contributed by atoms with Crippen LogP contribution in [0.25, 0.3) is 0 Å². The van der Waals surface area contributed by atoms with E-state index < -0.39 is 0 Å². The minimum atomic E-state index is -0.126. The van der Waals surface area contributed by atoms with E-state index in [2.05, 4.69) is 22.8 Å². The van der Waals surface area contributed by atoms with Crippen LogP contribution in [0.5, 0.6) is 0 Å². The van der Waals surface area contributed by atoms with E-state index in [1.165, 1.54) is 5.56 Å². The van der Waals surface area contributed by atoms with E-state index >= 15 is 0 Å². The zero-order chi connectivity index (χ0) is 16.2. The van der Waals surface area contributed by atoms with E-state index in [1.54, 1.807) is 0 Å². The minimum Gasteiger partial charge on any atom is -0.377 e. The van der Waals surface area contributed by atoms with Crippen molar-refractivity contribution < 1.29 is 9.53 Å². The Kier molecular flexibility index (Phi) is 7.70. The van der Waals surface area contributed by atoms with Crippen molar-refractivity contribution >= 4 is 6.03 Å². The van der Waals surface area contributed by atoms with E-state index in [1.807, 2.05) is 48.5 Å². The van der Waals surface area contributed by atoms with Crippen molar-refractivity contribution in [2.24, 2.45) is 0 Å². The third-order valence-electron chi connectivity index (χ3n) is 3.41. The van der Waals surface area contributed by atoms with Crippen molar-refractivity contribution in [2.75, 3.05) is 13.2 Å². The minimum absolute atomic E-state index is 0.126. The average Bonchev–Trinajstić information content (AvgIpc) is 2.61. The SMILES string of the molecule is O=C(NCCCCOCc1ccccc1)NCc1ccccc1. The van der Waals surface area contributed by atoms with Crippen LogP contribution in [0.1, 0.15) is 24.0 Å². The monoisotopic (exact) mass is 312 g/mol. The molecule has 2 rings (SSSR count). The van der Waals surface area contributed by atoms with Crippen LogP contribution >= 0.6 is 0 Å². The van der Waals surface area contributed by atoms with E-state index in [-0.39, 0.29) is 6.03 Å². The molecular formula is C19H24N2O2. The molecule has 0 radical (unpaired) electrons. The number of unbranched alkanes of at least 4 members (excludes halogenated alkanes) is 1. The van der Waals surface area contributed by atoms with Crippen LogP contribution in [0, 0.1) is 0 Å². The zero-order valence-corrected chi connectivity index (χ0v) is 13.3. The molecule has 0 aromatic heterocycles. The predicted molar refractivity (Wildman–Crippen MR) is 92.0 cm³/mol. The van der Waals surface area contributed by atoms with Crippen LogP contribution in [-0.4, -0.2) is 19.2 Å². The van der Waals surface area contributed by atoms with Crippen LogP contribution in [0.4, 0.5) is 4.79 Å². The fraction of sp³-hybridized carbons (Fsp3) is 0.316. The fourth-order valence-corrected chi connectivity index (χ4v) is 2.14. The molecule has 2 amide bonds. The number of urea groups is 1. The molecule has 0 saturated heterocycles. The van der Waals surface area contributed by atoms with Gasteiger partial charge in [-0.25, -0.2) is 4.79 Å². The highest BCUT2D eigenvalue weighted by Gasteiger charge is 1.99. The summed E-state index contributed by atoms with van der Waals surface area (Å²) in [6.45, 7) is 2.57. The highest BCUT2D eigenvalue weighted by Crippen LogP contribution is 2.01. The number of rotatable bonds is 9. The number of benzene rings is 2. The maximum atomic E-state index is 11.6. The van der Waals surface area contributed by atoms with Crippen molar-refractivity contribution in [1.82, 2.24) is 10.6 Å².